The smallest absolute Gasteiger partial charge is 0.254 e. The van der Waals surface area contributed by atoms with Gasteiger partial charge in [-0.3, -0.25) is 4.79 Å². The van der Waals surface area contributed by atoms with E-state index in [-0.39, 0.29) is 5.91 Å². The normalized spacial score (nSPS) is 20.3. The van der Waals surface area contributed by atoms with Crippen LogP contribution < -0.4 is 4.90 Å². The summed E-state index contributed by atoms with van der Waals surface area (Å²) in [5, 5.41) is 12.8. The molecule has 1 fully saturated rings. The lowest BCUT2D eigenvalue weighted by Crippen LogP contribution is -2.45. The number of aliphatic hydroxyl groups is 1. The van der Waals surface area contributed by atoms with E-state index >= 15 is 0 Å². The highest BCUT2D eigenvalue weighted by Gasteiger charge is 2.38. The molecule has 2 aromatic heterocycles. The standard InChI is InChI=1S/C19H25N3O2S/c1-14(2)16-10-15(11-25-16)18(23)21(3)12-19(24)7-9-22(13-19)17-6-4-5-8-20-17/h4-6,8,10-11,14,24H,7,9,12-13H2,1-3H3/t19-/m1/s1. The average Bonchev–Trinajstić information content (AvgIpc) is 3.22. The number of aromatic nitrogens is 1. The third-order valence-electron chi connectivity index (χ3n) is 4.62. The highest BCUT2D eigenvalue weighted by Crippen LogP contribution is 2.27. The van der Waals surface area contributed by atoms with Crippen LogP contribution in [0.15, 0.2) is 35.8 Å². The Morgan fingerprint density at radius 1 is 1.48 bits per heavy atom. The number of hydrogen-bond donors (Lipinski definition) is 1. The summed E-state index contributed by atoms with van der Waals surface area (Å²) in [7, 11) is 1.76. The number of anilines is 1. The predicted molar refractivity (Wildman–Crippen MR) is 101 cm³/mol. The summed E-state index contributed by atoms with van der Waals surface area (Å²) in [4.78, 5) is 21.9. The number of hydrogen-bond acceptors (Lipinski definition) is 5. The van der Waals surface area contributed by atoms with Crippen LogP contribution in [0.3, 0.4) is 0 Å². The first-order valence-corrected chi connectivity index (χ1v) is 9.48. The molecule has 1 saturated heterocycles. The van der Waals surface area contributed by atoms with Crippen LogP contribution in [0.5, 0.6) is 0 Å². The van der Waals surface area contributed by atoms with Gasteiger partial charge in [-0.1, -0.05) is 19.9 Å². The van der Waals surface area contributed by atoms with Crippen molar-refractivity contribution >= 4 is 23.1 Å². The quantitative estimate of drug-likeness (QED) is 0.892. The van der Waals surface area contributed by atoms with Gasteiger partial charge in [0.2, 0.25) is 0 Å². The van der Waals surface area contributed by atoms with Crippen LogP contribution in [0.25, 0.3) is 0 Å². The minimum Gasteiger partial charge on any atom is -0.386 e. The van der Waals surface area contributed by atoms with E-state index < -0.39 is 5.60 Å². The van der Waals surface area contributed by atoms with Crippen LogP contribution in [0.4, 0.5) is 5.82 Å². The van der Waals surface area contributed by atoms with E-state index in [1.54, 1.807) is 29.5 Å². The average molecular weight is 359 g/mol. The summed E-state index contributed by atoms with van der Waals surface area (Å²) >= 11 is 1.62. The molecule has 0 spiro atoms. The third kappa shape index (κ3) is 4.02. The molecule has 3 heterocycles. The highest BCUT2D eigenvalue weighted by atomic mass is 32.1. The molecule has 0 unspecified atom stereocenters. The first-order valence-electron chi connectivity index (χ1n) is 8.60. The monoisotopic (exact) mass is 359 g/mol. The Labute approximate surface area is 152 Å². The largest absolute Gasteiger partial charge is 0.386 e. The molecule has 0 aliphatic carbocycles. The van der Waals surface area contributed by atoms with E-state index in [4.69, 9.17) is 0 Å². The van der Waals surface area contributed by atoms with E-state index in [1.165, 1.54) is 4.88 Å². The molecular weight excluding hydrogens is 334 g/mol. The van der Waals surface area contributed by atoms with Gasteiger partial charge in [0.25, 0.3) is 5.91 Å². The summed E-state index contributed by atoms with van der Waals surface area (Å²) < 4.78 is 0. The Bertz CT molecular complexity index is 731. The Hall–Kier alpha value is -1.92. The molecular formula is C19H25N3O2S. The zero-order valence-electron chi connectivity index (χ0n) is 15.0. The van der Waals surface area contributed by atoms with Crippen molar-refractivity contribution in [3.63, 3.8) is 0 Å². The summed E-state index contributed by atoms with van der Waals surface area (Å²) in [5.41, 5.74) is -0.196. The minimum absolute atomic E-state index is 0.0344. The number of carbonyl (C=O) groups excluding carboxylic acids is 1. The van der Waals surface area contributed by atoms with Gasteiger partial charge in [0, 0.05) is 36.6 Å². The second-order valence-corrected chi connectivity index (χ2v) is 8.08. The molecule has 1 amide bonds. The maximum atomic E-state index is 12.7. The molecule has 1 atom stereocenters. The predicted octanol–water partition coefficient (Wildman–Crippen LogP) is 2.98. The lowest BCUT2D eigenvalue weighted by atomic mass is 10.0. The number of nitrogens with zero attached hydrogens (tertiary/aromatic N) is 3. The third-order valence-corrected chi connectivity index (χ3v) is 5.85. The molecule has 0 bridgehead atoms. The number of carbonyl (C=O) groups is 1. The Morgan fingerprint density at radius 2 is 2.28 bits per heavy atom. The minimum atomic E-state index is -0.904. The summed E-state index contributed by atoms with van der Waals surface area (Å²) in [5.74, 6) is 1.25. The fraction of sp³-hybridized carbons (Fsp3) is 0.474. The number of pyridine rings is 1. The zero-order chi connectivity index (χ0) is 18.0. The van der Waals surface area contributed by atoms with E-state index in [2.05, 4.69) is 23.7 Å². The van der Waals surface area contributed by atoms with Gasteiger partial charge in [0.1, 0.15) is 11.4 Å². The summed E-state index contributed by atoms with van der Waals surface area (Å²) in [6.07, 6.45) is 2.38. The Morgan fingerprint density at radius 3 is 2.92 bits per heavy atom. The maximum absolute atomic E-state index is 12.7. The molecule has 1 aliphatic heterocycles. The SMILES string of the molecule is CC(C)c1cc(C(=O)N(C)C[C@]2(O)CCN(c3ccccn3)C2)cs1. The molecule has 1 N–H and O–H groups in total. The van der Waals surface area contributed by atoms with Crippen LogP contribution in [0.1, 0.15) is 41.4 Å². The number of likely N-dealkylation sites (N-methyl/N-ethyl adjacent to an activating group) is 1. The van der Waals surface area contributed by atoms with Crippen LogP contribution in [-0.2, 0) is 0 Å². The molecule has 2 aromatic rings. The highest BCUT2D eigenvalue weighted by molar-refractivity contribution is 7.10. The van der Waals surface area contributed by atoms with Crippen LogP contribution in [-0.4, -0.2) is 53.2 Å². The summed E-state index contributed by atoms with van der Waals surface area (Å²) in [6, 6.07) is 7.73. The van der Waals surface area contributed by atoms with Gasteiger partial charge < -0.3 is 14.9 Å². The van der Waals surface area contributed by atoms with Crippen molar-refractivity contribution in [1.82, 2.24) is 9.88 Å². The number of β-amino-alcohol motifs (C(OH)–C–C–N with tert-alkyl or cyclic N) is 1. The number of amides is 1. The topological polar surface area (TPSA) is 56.7 Å². The van der Waals surface area contributed by atoms with Gasteiger partial charge in [0.15, 0.2) is 0 Å². The Kier molecular flexibility index (Phi) is 5.11. The number of rotatable bonds is 5. The first-order chi connectivity index (χ1) is 11.9. The lowest BCUT2D eigenvalue weighted by molar-refractivity contribution is 0.0264. The van der Waals surface area contributed by atoms with Gasteiger partial charge in [0.05, 0.1) is 12.1 Å². The van der Waals surface area contributed by atoms with Crippen LogP contribution in [0.2, 0.25) is 0 Å². The molecule has 25 heavy (non-hydrogen) atoms. The molecule has 1 aliphatic rings. The van der Waals surface area contributed by atoms with Crippen molar-refractivity contribution in [3.8, 4) is 0 Å². The second kappa shape index (κ2) is 7.14. The Balaban J connectivity index is 1.63. The molecule has 0 saturated carbocycles. The van der Waals surface area contributed by atoms with Crippen molar-refractivity contribution in [2.45, 2.75) is 31.8 Å². The van der Waals surface area contributed by atoms with Crippen LogP contribution in [0, 0.1) is 0 Å². The maximum Gasteiger partial charge on any atom is 0.254 e. The molecule has 5 nitrogen and oxygen atoms in total. The van der Waals surface area contributed by atoms with Gasteiger partial charge in [-0.25, -0.2) is 4.98 Å². The van der Waals surface area contributed by atoms with E-state index in [0.717, 1.165) is 12.4 Å². The molecule has 6 heteroatoms. The van der Waals surface area contributed by atoms with Gasteiger partial charge in [-0.15, -0.1) is 11.3 Å². The van der Waals surface area contributed by atoms with Gasteiger partial charge in [-0.2, -0.15) is 0 Å². The van der Waals surface area contributed by atoms with Crippen molar-refractivity contribution in [2.24, 2.45) is 0 Å². The second-order valence-electron chi connectivity index (χ2n) is 7.14. The van der Waals surface area contributed by atoms with Crippen molar-refractivity contribution in [3.05, 3.63) is 46.3 Å². The fourth-order valence-corrected chi connectivity index (χ4v) is 4.12. The molecule has 0 aromatic carbocycles. The zero-order valence-corrected chi connectivity index (χ0v) is 15.8. The number of thiophene rings is 1. The van der Waals surface area contributed by atoms with E-state index in [9.17, 15) is 9.90 Å². The molecule has 0 radical (unpaired) electrons. The van der Waals surface area contributed by atoms with Gasteiger partial charge >= 0.3 is 0 Å². The lowest BCUT2D eigenvalue weighted by Gasteiger charge is -2.29. The van der Waals surface area contributed by atoms with Crippen molar-refractivity contribution < 1.29 is 9.90 Å². The van der Waals surface area contributed by atoms with Crippen LogP contribution >= 0.6 is 11.3 Å². The summed E-state index contributed by atoms with van der Waals surface area (Å²) in [6.45, 7) is 5.80. The van der Waals surface area contributed by atoms with Gasteiger partial charge in [-0.05, 0) is 30.5 Å². The van der Waals surface area contributed by atoms with E-state index in [1.807, 2.05) is 29.6 Å². The first kappa shape index (κ1) is 17.9. The fourth-order valence-electron chi connectivity index (χ4n) is 3.22. The molecule has 134 valence electrons. The van der Waals surface area contributed by atoms with Crippen molar-refractivity contribution in [2.75, 3.05) is 31.6 Å². The van der Waals surface area contributed by atoms with E-state index in [0.29, 0.717) is 31.0 Å². The van der Waals surface area contributed by atoms with Crippen molar-refractivity contribution in [1.29, 1.82) is 0 Å². The molecule has 3 rings (SSSR count).